The molecule has 0 radical (unpaired) electrons. The Hall–Kier alpha value is -1.85. The molecule has 0 unspecified atom stereocenters. The van der Waals surface area contributed by atoms with Gasteiger partial charge in [0.25, 0.3) is 0 Å². The summed E-state index contributed by atoms with van der Waals surface area (Å²) in [6, 6.07) is 6.87. The molecule has 0 amide bonds. The van der Waals surface area contributed by atoms with Crippen molar-refractivity contribution in [1.82, 2.24) is 9.97 Å². The molecule has 0 saturated heterocycles. The van der Waals surface area contributed by atoms with Crippen LogP contribution in [0.1, 0.15) is 29.8 Å². The molecule has 1 aromatic heterocycles. The number of aromatic carboxylic acids is 1. The molecule has 7 heteroatoms. The van der Waals surface area contributed by atoms with Gasteiger partial charge in [0.15, 0.2) is 0 Å². The van der Waals surface area contributed by atoms with Crippen molar-refractivity contribution in [3.63, 3.8) is 0 Å². The van der Waals surface area contributed by atoms with Gasteiger partial charge < -0.3 is 10.0 Å². The third kappa shape index (κ3) is 3.87. The van der Waals surface area contributed by atoms with Crippen LogP contribution < -0.4 is 4.90 Å². The minimum Gasteiger partial charge on any atom is -0.478 e. The molecule has 0 bridgehead atoms. The Labute approximate surface area is 138 Å². The number of nitrogens with zero attached hydrogens (tertiary/aromatic N) is 3. The van der Waals surface area contributed by atoms with Crippen molar-refractivity contribution >= 4 is 35.0 Å². The molecule has 1 N–H and O–H groups in total. The van der Waals surface area contributed by atoms with Crippen molar-refractivity contribution in [1.29, 1.82) is 0 Å². The van der Waals surface area contributed by atoms with Crippen molar-refractivity contribution in [2.75, 3.05) is 4.90 Å². The topological polar surface area (TPSA) is 66.3 Å². The summed E-state index contributed by atoms with van der Waals surface area (Å²) in [5.41, 5.74) is 0.911. The number of carbonyl (C=O) groups is 1. The van der Waals surface area contributed by atoms with E-state index in [1.807, 2.05) is 18.7 Å². The summed E-state index contributed by atoms with van der Waals surface area (Å²) in [5, 5.41) is 9.54. The van der Waals surface area contributed by atoms with Gasteiger partial charge in [-0.05, 0) is 49.2 Å². The van der Waals surface area contributed by atoms with Crippen LogP contribution in [0.3, 0.4) is 0 Å². The van der Waals surface area contributed by atoms with E-state index in [9.17, 15) is 4.79 Å². The second-order valence-electron chi connectivity index (χ2n) is 5.02. The molecule has 0 fully saturated rings. The first kappa shape index (κ1) is 16.5. The van der Waals surface area contributed by atoms with Gasteiger partial charge in [-0.3, -0.25) is 0 Å². The molecule has 5 nitrogen and oxygen atoms in total. The zero-order chi connectivity index (χ0) is 16.3. The number of hydrogen-bond donors (Lipinski definition) is 1. The van der Waals surface area contributed by atoms with Crippen molar-refractivity contribution in [2.45, 2.75) is 26.4 Å². The number of halogens is 2. The summed E-state index contributed by atoms with van der Waals surface area (Å²) in [6.45, 7) is 4.52. The van der Waals surface area contributed by atoms with Gasteiger partial charge in [-0.15, -0.1) is 0 Å². The quantitative estimate of drug-likeness (QED) is 0.837. The Morgan fingerprint density at radius 2 is 2.05 bits per heavy atom. The smallest absolute Gasteiger partial charge is 0.337 e. The highest BCUT2D eigenvalue weighted by atomic mass is 35.5. The lowest BCUT2D eigenvalue weighted by atomic mass is 10.1. The molecule has 116 valence electrons. The number of aromatic nitrogens is 2. The van der Waals surface area contributed by atoms with Gasteiger partial charge in [-0.25, -0.2) is 14.8 Å². The molecule has 2 rings (SSSR count). The summed E-state index contributed by atoms with van der Waals surface area (Å²) in [5.74, 6) is -0.366. The molecule has 0 atom stereocenters. The Bertz CT molecular complexity index is 692. The molecule has 0 aliphatic heterocycles. The van der Waals surface area contributed by atoms with Crippen LogP contribution in [0.2, 0.25) is 10.3 Å². The molecule has 1 aromatic carbocycles. The summed E-state index contributed by atoms with van der Waals surface area (Å²) in [6.07, 6.45) is 1.59. The Morgan fingerprint density at radius 1 is 1.32 bits per heavy atom. The number of anilines is 1. The minimum atomic E-state index is -1.05. The van der Waals surface area contributed by atoms with Crippen LogP contribution in [0.15, 0.2) is 30.5 Å². The lowest BCUT2D eigenvalue weighted by Crippen LogP contribution is -2.31. The number of rotatable bonds is 5. The van der Waals surface area contributed by atoms with Gasteiger partial charge in [0, 0.05) is 18.8 Å². The van der Waals surface area contributed by atoms with Crippen molar-refractivity contribution < 1.29 is 9.90 Å². The van der Waals surface area contributed by atoms with Crippen molar-refractivity contribution in [3.8, 4) is 0 Å². The Morgan fingerprint density at radius 3 is 2.64 bits per heavy atom. The average Bonchev–Trinajstić information content (AvgIpc) is 2.45. The summed E-state index contributed by atoms with van der Waals surface area (Å²) < 4.78 is 0. The predicted molar refractivity (Wildman–Crippen MR) is 86.8 cm³/mol. The van der Waals surface area contributed by atoms with Crippen LogP contribution in [0, 0.1) is 0 Å². The molecule has 0 spiro atoms. The van der Waals surface area contributed by atoms with E-state index >= 15 is 0 Å². The molecule has 1 heterocycles. The molecule has 22 heavy (non-hydrogen) atoms. The number of benzene rings is 1. The molecule has 2 aromatic rings. The maximum Gasteiger partial charge on any atom is 0.337 e. The van der Waals surface area contributed by atoms with Gasteiger partial charge in [-0.2, -0.15) is 0 Å². The van der Waals surface area contributed by atoms with E-state index in [4.69, 9.17) is 28.3 Å². The van der Waals surface area contributed by atoms with E-state index < -0.39 is 5.97 Å². The first-order valence-corrected chi connectivity index (χ1v) is 7.41. The van der Waals surface area contributed by atoms with Gasteiger partial charge in [-0.1, -0.05) is 17.7 Å². The molecule has 0 saturated carbocycles. The van der Waals surface area contributed by atoms with E-state index in [1.165, 1.54) is 0 Å². The zero-order valence-electron chi connectivity index (χ0n) is 12.1. The highest BCUT2D eigenvalue weighted by Crippen LogP contribution is 2.22. The second-order valence-corrected chi connectivity index (χ2v) is 5.77. The molecular formula is C15H15Cl2N3O2. The third-order valence-corrected chi connectivity index (χ3v) is 3.65. The van der Waals surface area contributed by atoms with Crippen LogP contribution in [0.5, 0.6) is 0 Å². The number of hydrogen-bond acceptors (Lipinski definition) is 4. The number of carboxylic acid groups (broad SMARTS) is 1. The lowest BCUT2D eigenvalue weighted by Gasteiger charge is -2.28. The summed E-state index contributed by atoms with van der Waals surface area (Å²) in [4.78, 5) is 21.2. The highest BCUT2D eigenvalue weighted by molar-refractivity contribution is 6.33. The second kappa shape index (κ2) is 6.94. The van der Waals surface area contributed by atoms with Crippen molar-refractivity contribution in [2.24, 2.45) is 0 Å². The highest BCUT2D eigenvalue weighted by Gasteiger charge is 2.15. The van der Waals surface area contributed by atoms with Crippen LogP contribution in [-0.2, 0) is 6.54 Å². The van der Waals surface area contributed by atoms with Crippen molar-refractivity contribution in [3.05, 3.63) is 51.9 Å². The maximum atomic E-state index is 11.2. The Kier molecular flexibility index (Phi) is 5.21. The van der Waals surface area contributed by atoms with Crippen LogP contribution >= 0.6 is 23.2 Å². The van der Waals surface area contributed by atoms with Gasteiger partial charge in [0.05, 0.1) is 10.6 Å². The Balaban J connectivity index is 2.33. The SMILES string of the molecule is CC(C)N(Cc1ccc(Cl)c(C(=O)O)c1)c1ccnc(Cl)n1. The standard InChI is InChI=1S/C15H15Cl2N3O2/c1-9(2)20(13-5-6-18-15(17)19-13)8-10-3-4-12(16)11(7-10)14(21)22/h3-7,9H,8H2,1-2H3,(H,21,22). The first-order valence-electron chi connectivity index (χ1n) is 6.65. The average molecular weight is 340 g/mol. The van der Waals surface area contributed by atoms with Gasteiger partial charge in [0.2, 0.25) is 5.28 Å². The maximum absolute atomic E-state index is 11.2. The zero-order valence-corrected chi connectivity index (χ0v) is 13.6. The number of carboxylic acids is 1. The van der Waals surface area contributed by atoms with Crippen LogP contribution in [-0.4, -0.2) is 27.1 Å². The fourth-order valence-corrected chi connectivity index (χ4v) is 2.39. The predicted octanol–water partition coefficient (Wildman–Crippen LogP) is 3.90. The molecule has 0 aliphatic carbocycles. The largest absolute Gasteiger partial charge is 0.478 e. The lowest BCUT2D eigenvalue weighted by molar-refractivity contribution is 0.0697. The van der Waals surface area contributed by atoms with E-state index in [2.05, 4.69) is 9.97 Å². The molecular weight excluding hydrogens is 325 g/mol. The fraction of sp³-hybridized carbons (Fsp3) is 0.267. The van der Waals surface area contributed by atoms with Crippen LogP contribution in [0.4, 0.5) is 5.82 Å². The minimum absolute atomic E-state index is 0.0867. The van der Waals surface area contributed by atoms with E-state index in [-0.39, 0.29) is 21.9 Å². The monoisotopic (exact) mass is 339 g/mol. The van der Waals surface area contributed by atoms with Crippen LogP contribution in [0.25, 0.3) is 0 Å². The fourth-order valence-electron chi connectivity index (χ4n) is 2.05. The van der Waals surface area contributed by atoms with Gasteiger partial charge in [0.1, 0.15) is 5.82 Å². The normalized spacial score (nSPS) is 10.8. The summed E-state index contributed by atoms with van der Waals surface area (Å²) >= 11 is 11.7. The molecule has 0 aliphatic rings. The van der Waals surface area contributed by atoms with E-state index in [0.717, 1.165) is 5.56 Å². The summed E-state index contributed by atoms with van der Waals surface area (Å²) in [7, 11) is 0. The van der Waals surface area contributed by atoms with E-state index in [1.54, 1.807) is 30.5 Å². The van der Waals surface area contributed by atoms with E-state index in [0.29, 0.717) is 12.4 Å². The van der Waals surface area contributed by atoms with Gasteiger partial charge >= 0.3 is 5.97 Å². The first-order chi connectivity index (χ1) is 10.4. The third-order valence-electron chi connectivity index (χ3n) is 3.14.